The summed E-state index contributed by atoms with van der Waals surface area (Å²) in [4.78, 5) is 57.8. The fourth-order valence-corrected chi connectivity index (χ4v) is 3.50. The highest BCUT2D eigenvalue weighted by Crippen LogP contribution is 2.41. The van der Waals surface area contributed by atoms with Crippen molar-refractivity contribution in [1.82, 2.24) is 0 Å². The van der Waals surface area contributed by atoms with Gasteiger partial charge in [0.25, 0.3) is 0 Å². The average Bonchev–Trinajstić information content (AvgIpc) is 2.98. The molecule has 2 rings (SSSR count). The number of ether oxygens (including phenoxy) is 3. The molecule has 43 heavy (non-hydrogen) atoms. The molecule has 0 aromatic heterocycles. The molecule has 0 heterocycles. The Kier molecular flexibility index (Phi) is 12.9. The van der Waals surface area contributed by atoms with Crippen LogP contribution in [0.1, 0.15) is 40.0 Å². The Morgan fingerprint density at radius 1 is 0.860 bits per heavy atom. The Morgan fingerprint density at radius 3 is 1.91 bits per heavy atom. The quantitative estimate of drug-likeness (QED) is 0.115. The Balaban J connectivity index is 2.61. The molecular weight excluding hydrogens is 575 g/mol. The van der Waals surface area contributed by atoms with Crippen LogP contribution in [-0.4, -0.2) is 61.1 Å². The number of nitrogens with zero attached hydrogens (tertiary/aromatic N) is 5. The number of halogens is 1. The van der Waals surface area contributed by atoms with Gasteiger partial charge in [-0.05, 0) is 6.07 Å². The molecule has 0 bridgehead atoms. The first-order valence-corrected chi connectivity index (χ1v) is 13.1. The zero-order chi connectivity index (χ0) is 32.1. The molecule has 1 amide bonds. The number of hydrogen-bond acceptors (Lipinski definition) is 13. The van der Waals surface area contributed by atoms with Crippen molar-refractivity contribution in [2.24, 2.45) is 10.2 Å². The maximum Gasteiger partial charge on any atom is 0.311 e. The van der Waals surface area contributed by atoms with Gasteiger partial charge in [-0.1, -0.05) is 20.8 Å². The molecule has 16 nitrogen and oxygen atoms in total. The molecule has 0 aliphatic rings. The van der Waals surface area contributed by atoms with E-state index in [2.05, 4.69) is 15.5 Å². The summed E-state index contributed by atoms with van der Waals surface area (Å²) in [5.41, 5.74) is -2.18. The smallest absolute Gasteiger partial charge is 0.311 e. The molecule has 2 aromatic rings. The zero-order valence-electron chi connectivity index (χ0n) is 24.0. The molecular formula is C26H31FN6O10. The lowest BCUT2D eigenvalue weighted by Crippen LogP contribution is -2.32. The molecule has 0 spiro atoms. The number of carbonyl (C=O) groups excluding carboxylic acids is 3. The van der Waals surface area contributed by atoms with Crippen molar-refractivity contribution in [3.05, 3.63) is 50.3 Å². The lowest BCUT2D eigenvalue weighted by Gasteiger charge is -2.27. The highest BCUT2D eigenvalue weighted by molar-refractivity contribution is 5.95. The summed E-state index contributed by atoms with van der Waals surface area (Å²) < 4.78 is 30.2. The topological polar surface area (TPSA) is 205 Å². The van der Waals surface area contributed by atoms with Crippen molar-refractivity contribution < 1.29 is 42.8 Å². The predicted octanol–water partition coefficient (Wildman–Crippen LogP) is 5.13. The van der Waals surface area contributed by atoms with Crippen molar-refractivity contribution in [2.75, 3.05) is 43.6 Å². The minimum Gasteiger partial charge on any atom is -0.494 e. The van der Waals surface area contributed by atoms with Gasteiger partial charge in [-0.3, -0.25) is 34.6 Å². The number of azo groups is 1. The number of rotatable bonds is 16. The van der Waals surface area contributed by atoms with Crippen LogP contribution in [0.3, 0.4) is 0 Å². The van der Waals surface area contributed by atoms with E-state index >= 15 is 0 Å². The first-order chi connectivity index (χ1) is 20.4. The van der Waals surface area contributed by atoms with E-state index in [1.807, 2.05) is 0 Å². The number of hydrogen-bond donors (Lipinski definition) is 1. The van der Waals surface area contributed by atoms with Crippen LogP contribution in [0.2, 0.25) is 0 Å². The number of amides is 1. The van der Waals surface area contributed by atoms with Crippen LogP contribution >= 0.6 is 0 Å². The summed E-state index contributed by atoms with van der Waals surface area (Å²) >= 11 is 0. The zero-order valence-corrected chi connectivity index (χ0v) is 24.0. The van der Waals surface area contributed by atoms with Gasteiger partial charge in [-0.15, -0.1) is 10.2 Å². The second kappa shape index (κ2) is 16.3. The van der Waals surface area contributed by atoms with E-state index in [1.165, 1.54) is 19.2 Å². The molecule has 0 unspecified atom stereocenters. The predicted molar refractivity (Wildman–Crippen MR) is 151 cm³/mol. The maximum atomic E-state index is 14.3. The van der Waals surface area contributed by atoms with Gasteiger partial charge >= 0.3 is 23.3 Å². The van der Waals surface area contributed by atoms with Gasteiger partial charge in [0.05, 0.1) is 47.5 Å². The summed E-state index contributed by atoms with van der Waals surface area (Å²) in [5.74, 6) is -2.46. The van der Waals surface area contributed by atoms with Crippen LogP contribution in [0.5, 0.6) is 5.75 Å². The molecule has 17 heteroatoms. The first-order valence-electron chi connectivity index (χ1n) is 13.1. The lowest BCUT2D eigenvalue weighted by molar-refractivity contribution is -0.395. The first kappa shape index (κ1) is 34.0. The van der Waals surface area contributed by atoms with Crippen molar-refractivity contribution >= 4 is 52.0 Å². The minimum absolute atomic E-state index is 0.0228. The number of methoxy groups -OCH3 is 1. The number of nitro groups is 2. The fourth-order valence-electron chi connectivity index (χ4n) is 3.50. The molecule has 0 atom stereocenters. The summed E-state index contributed by atoms with van der Waals surface area (Å²) in [7, 11) is 1.34. The summed E-state index contributed by atoms with van der Waals surface area (Å²) in [5, 5.41) is 32.9. The van der Waals surface area contributed by atoms with Gasteiger partial charge in [-0.2, -0.15) is 4.39 Å². The van der Waals surface area contributed by atoms with Crippen LogP contribution in [0, 0.1) is 26.0 Å². The number of nitro benzene ring substituents is 2. The monoisotopic (exact) mass is 606 g/mol. The average molecular weight is 607 g/mol. The minimum atomic E-state index is -1.36. The molecule has 0 aliphatic heterocycles. The van der Waals surface area contributed by atoms with Crippen LogP contribution < -0.4 is 15.0 Å². The Hall–Kier alpha value is -5.22. The second-order valence-corrected chi connectivity index (χ2v) is 8.58. The van der Waals surface area contributed by atoms with Crippen LogP contribution in [0.15, 0.2) is 34.5 Å². The van der Waals surface area contributed by atoms with E-state index in [1.54, 1.807) is 25.7 Å². The van der Waals surface area contributed by atoms with E-state index in [4.69, 9.17) is 14.2 Å². The van der Waals surface area contributed by atoms with Crippen molar-refractivity contribution in [3.8, 4) is 5.75 Å². The van der Waals surface area contributed by atoms with E-state index in [9.17, 15) is 39.0 Å². The molecule has 1 N–H and O–H groups in total. The Bertz CT molecular complexity index is 1380. The molecule has 232 valence electrons. The van der Waals surface area contributed by atoms with E-state index in [0.29, 0.717) is 17.8 Å². The highest BCUT2D eigenvalue weighted by Gasteiger charge is 2.25. The van der Waals surface area contributed by atoms with Gasteiger partial charge < -0.3 is 24.4 Å². The second-order valence-electron chi connectivity index (χ2n) is 8.58. The molecule has 0 saturated carbocycles. The van der Waals surface area contributed by atoms with Gasteiger partial charge in [-0.25, -0.2) is 0 Å². The number of anilines is 2. The largest absolute Gasteiger partial charge is 0.494 e. The summed E-state index contributed by atoms with van der Waals surface area (Å²) in [6.07, 6.45) is 0.406. The van der Waals surface area contributed by atoms with E-state index in [0.717, 1.165) is 0 Å². The molecule has 2 aromatic carbocycles. The molecule has 0 saturated heterocycles. The van der Waals surface area contributed by atoms with Crippen molar-refractivity contribution in [2.45, 2.75) is 40.0 Å². The number of carbonyl (C=O) groups is 3. The fraction of sp³-hybridized carbons (Fsp3) is 0.423. The molecule has 0 radical (unpaired) electrons. The molecule has 0 fully saturated rings. The van der Waals surface area contributed by atoms with Gasteiger partial charge in [0.1, 0.15) is 24.7 Å². The van der Waals surface area contributed by atoms with Gasteiger partial charge in [0.2, 0.25) is 11.7 Å². The molecule has 0 aliphatic carbocycles. The normalized spacial score (nSPS) is 10.7. The SMILES string of the molecule is CCC(=O)Nc1cc(N(CCOC(=O)CC)CCOC(=O)CC)c(OC)cc1N=Nc1cc(F)c([N+](=O)[O-])cc1[N+](=O)[O-]. The summed E-state index contributed by atoms with van der Waals surface area (Å²) in [6.45, 7) is 5.12. The standard InChI is InChI=1S/C26H31FN6O10/c1-5-24(34)28-17-13-22(31(8-10-42-25(35)6-2)9-11-43-26(36)7-3)23(41-4)14-18(17)29-30-19-12-16(27)20(32(37)38)15-21(19)33(39)40/h12-15H,5-11H2,1-4H3,(H,28,34). The third-order valence-electron chi connectivity index (χ3n) is 5.76. The van der Waals surface area contributed by atoms with E-state index < -0.39 is 50.6 Å². The van der Waals surface area contributed by atoms with Crippen molar-refractivity contribution in [1.29, 1.82) is 0 Å². The van der Waals surface area contributed by atoms with Crippen LogP contribution in [-0.2, 0) is 23.9 Å². The number of esters is 2. The Morgan fingerprint density at radius 2 is 1.42 bits per heavy atom. The highest BCUT2D eigenvalue weighted by atomic mass is 19.1. The number of benzene rings is 2. The van der Waals surface area contributed by atoms with Gasteiger partial charge in [0.15, 0.2) is 5.69 Å². The number of nitrogens with one attached hydrogen (secondary N) is 1. The summed E-state index contributed by atoms with van der Waals surface area (Å²) in [6, 6.07) is 3.75. The Labute approximate surface area is 245 Å². The van der Waals surface area contributed by atoms with Crippen molar-refractivity contribution in [3.63, 3.8) is 0 Å². The van der Waals surface area contributed by atoms with Crippen LogP contribution in [0.4, 0.5) is 38.5 Å². The third kappa shape index (κ3) is 9.68. The van der Waals surface area contributed by atoms with Gasteiger partial charge in [0, 0.05) is 31.4 Å². The third-order valence-corrected chi connectivity index (χ3v) is 5.76. The van der Waals surface area contributed by atoms with E-state index in [-0.39, 0.29) is 62.7 Å². The maximum absolute atomic E-state index is 14.3. The lowest BCUT2D eigenvalue weighted by atomic mass is 10.2. The van der Waals surface area contributed by atoms with Crippen LogP contribution in [0.25, 0.3) is 0 Å².